The topological polar surface area (TPSA) is 90.9 Å². The Balaban J connectivity index is 1.57. The number of nitrogens with zero attached hydrogens (tertiary/aromatic N) is 2. The van der Waals surface area contributed by atoms with Crippen LogP contribution >= 0.6 is 0 Å². The zero-order valence-corrected chi connectivity index (χ0v) is 16.2. The van der Waals surface area contributed by atoms with Gasteiger partial charge in [0.25, 0.3) is 5.91 Å². The van der Waals surface area contributed by atoms with Crippen molar-refractivity contribution in [2.75, 3.05) is 6.54 Å². The molecule has 0 aliphatic rings. The zero-order valence-electron chi connectivity index (χ0n) is 16.2. The molecule has 156 valence electrons. The van der Waals surface area contributed by atoms with Gasteiger partial charge in [-0.25, -0.2) is 8.78 Å². The van der Waals surface area contributed by atoms with E-state index in [1.54, 1.807) is 42.6 Å². The zero-order chi connectivity index (χ0) is 21.8. The van der Waals surface area contributed by atoms with Gasteiger partial charge in [-0.2, -0.15) is 5.10 Å². The molecular weight excluding hydrogens is 402 g/mol. The number of halogens is 2. The van der Waals surface area contributed by atoms with Crippen molar-refractivity contribution in [3.05, 3.63) is 95.8 Å². The summed E-state index contributed by atoms with van der Waals surface area (Å²) in [6.45, 7) is -0.0877. The minimum Gasteiger partial charge on any atom is -0.385 e. The normalized spacial score (nSPS) is 11.8. The smallest absolute Gasteiger partial charge is 0.252 e. The third-order valence-corrected chi connectivity index (χ3v) is 4.73. The van der Waals surface area contributed by atoms with Gasteiger partial charge in [0.15, 0.2) is 0 Å². The van der Waals surface area contributed by atoms with E-state index in [-0.39, 0.29) is 23.5 Å². The largest absolute Gasteiger partial charge is 0.385 e. The van der Waals surface area contributed by atoms with Gasteiger partial charge in [0.2, 0.25) is 0 Å². The van der Waals surface area contributed by atoms with Crippen LogP contribution in [0.5, 0.6) is 0 Å². The molecule has 31 heavy (non-hydrogen) atoms. The Hall–Kier alpha value is -3.91. The highest BCUT2D eigenvalue weighted by atomic mass is 19.1. The van der Waals surface area contributed by atoms with Crippen molar-refractivity contribution in [1.29, 1.82) is 0 Å². The fraction of sp³-hybridized carbons (Fsp3) is 0.0870. The third kappa shape index (κ3) is 4.49. The maximum Gasteiger partial charge on any atom is 0.252 e. The standard InChI is InChI=1S/C23H18F2N4O2/c24-15-9-7-14(8-10-15)19-12-20(29-28-19)22-16(4-3-5-17(22)25)23(31)27-13-21(30)18-6-1-2-11-26-18/h1-12,21,30H,13H2,(H,27,31)(H,28,29). The van der Waals surface area contributed by atoms with Crippen LogP contribution in [0.25, 0.3) is 22.5 Å². The maximum atomic E-state index is 14.7. The summed E-state index contributed by atoms with van der Waals surface area (Å²) in [6, 6.07) is 16.6. The van der Waals surface area contributed by atoms with Crippen LogP contribution in [-0.2, 0) is 0 Å². The molecule has 0 radical (unpaired) electrons. The molecule has 0 aliphatic heterocycles. The number of hydrogen-bond acceptors (Lipinski definition) is 4. The number of nitrogens with one attached hydrogen (secondary N) is 2. The van der Waals surface area contributed by atoms with Gasteiger partial charge < -0.3 is 10.4 Å². The summed E-state index contributed by atoms with van der Waals surface area (Å²) in [4.78, 5) is 16.8. The monoisotopic (exact) mass is 420 g/mol. The summed E-state index contributed by atoms with van der Waals surface area (Å²) in [5.74, 6) is -1.53. The summed E-state index contributed by atoms with van der Waals surface area (Å²) < 4.78 is 27.8. The van der Waals surface area contributed by atoms with Crippen LogP contribution in [0.2, 0.25) is 0 Å². The molecule has 0 saturated heterocycles. The first-order valence-electron chi connectivity index (χ1n) is 9.50. The van der Waals surface area contributed by atoms with E-state index in [0.29, 0.717) is 22.6 Å². The molecule has 4 aromatic rings. The van der Waals surface area contributed by atoms with E-state index in [2.05, 4.69) is 20.5 Å². The summed E-state index contributed by atoms with van der Waals surface area (Å²) >= 11 is 0. The quantitative estimate of drug-likeness (QED) is 0.442. The Labute approximate surface area is 176 Å². The van der Waals surface area contributed by atoms with Gasteiger partial charge in [0.05, 0.1) is 22.6 Å². The van der Waals surface area contributed by atoms with Crippen molar-refractivity contribution in [3.63, 3.8) is 0 Å². The van der Waals surface area contributed by atoms with Crippen molar-refractivity contribution < 1.29 is 18.7 Å². The molecule has 3 N–H and O–H groups in total. The van der Waals surface area contributed by atoms with E-state index in [9.17, 15) is 18.7 Å². The minimum atomic E-state index is -1.00. The summed E-state index contributed by atoms with van der Waals surface area (Å²) in [5, 5.41) is 19.7. The van der Waals surface area contributed by atoms with Gasteiger partial charge in [0, 0.05) is 23.9 Å². The van der Waals surface area contributed by atoms with Gasteiger partial charge >= 0.3 is 0 Å². The summed E-state index contributed by atoms with van der Waals surface area (Å²) in [5.41, 5.74) is 1.98. The number of rotatable bonds is 6. The van der Waals surface area contributed by atoms with Gasteiger partial charge in [-0.05, 0) is 54.6 Å². The van der Waals surface area contributed by atoms with E-state index in [1.807, 2.05) is 0 Å². The molecule has 1 unspecified atom stereocenters. The highest BCUT2D eigenvalue weighted by molar-refractivity contribution is 6.00. The third-order valence-electron chi connectivity index (χ3n) is 4.73. The number of carbonyl (C=O) groups is 1. The van der Waals surface area contributed by atoms with Gasteiger partial charge in [-0.1, -0.05) is 12.1 Å². The second-order valence-electron chi connectivity index (χ2n) is 6.82. The second kappa shape index (κ2) is 8.85. The molecule has 1 amide bonds. The Morgan fingerprint density at radius 3 is 2.61 bits per heavy atom. The van der Waals surface area contributed by atoms with Crippen LogP contribution in [0.4, 0.5) is 8.78 Å². The number of aromatic nitrogens is 3. The predicted octanol–water partition coefficient (Wildman–Crippen LogP) is 3.88. The molecule has 0 bridgehead atoms. The molecule has 6 nitrogen and oxygen atoms in total. The highest BCUT2D eigenvalue weighted by Gasteiger charge is 2.20. The van der Waals surface area contributed by atoms with Gasteiger partial charge in [-0.15, -0.1) is 0 Å². The van der Waals surface area contributed by atoms with Crippen molar-refractivity contribution in [2.45, 2.75) is 6.10 Å². The lowest BCUT2D eigenvalue weighted by molar-refractivity contribution is 0.0914. The molecule has 0 fully saturated rings. The lowest BCUT2D eigenvalue weighted by Crippen LogP contribution is -2.29. The second-order valence-corrected chi connectivity index (χ2v) is 6.82. The molecule has 1 atom stereocenters. The highest BCUT2D eigenvalue weighted by Crippen LogP contribution is 2.29. The van der Waals surface area contributed by atoms with Crippen LogP contribution in [0, 0.1) is 11.6 Å². The van der Waals surface area contributed by atoms with E-state index >= 15 is 0 Å². The lowest BCUT2D eigenvalue weighted by Gasteiger charge is -2.13. The minimum absolute atomic E-state index is 0.0492. The van der Waals surface area contributed by atoms with Crippen LogP contribution < -0.4 is 5.32 Å². The average molecular weight is 420 g/mol. The predicted molar refractivity (Wildman–Crippen MR) is 111 cm³/mol. The van der Waals surface area contributed by atoms with Crippen molar-refractivity contribution >= 4 is 5.91 Å². The molecule has 4 rings (SSSR count). The first-order valence-corrected chi connectivity index (χ1v) is 9.50. The van der Waals surface area contributed by atoms with Crippen LogP contribution in [0.3, 0.4) is 0 Å². The van der Waals surface area contributed by atoms with Crippen molar-refractivity contribution in [2.24, 2.45) is 0 Å². The molecule has 2 heterocycles. The SMILES string of the molecule is O=C(NCC(O)c1ccccn1)c1cccc(F)c1-c1cc(-c2ccc(F)cc2)n[nH]1. The molecule has 0 saturated carbocycles. The number of pyridine rings is 1. The Kier molecular flexibility index (Phi) is 5.81. The van der Waals surface area contributed by atoms with Crippen molar-refractivity contribution in [3.8, 4) is 22.5 Å². The maximum absolute atomic E-state index is 14.7. The molecule has 0 aliphatic carbocycles. The first-order chi connectivity index (χ1) is 15.0. The van der Waals surface area contributed by atoms with Gasteiger partial charge in [0.1, 0.15) is 17.7 Å². The fourth-order valence-corrected chi connectivity index (χ4v) is 3.17. The molecule has 8 heteroatoms. The van der Waals surface area contributed by atoms with Crippen LogP contribution in [-0.4, -0.2) is 32.7 Å². The van der Waals surface area contributed by atoms with Crippen LogP contribution in [0.15, 0.2) is 72.9 Å². The Bertz CT molecular complexity index is 1190. The number of aromatic amines is 1. The number of H-pyrrole nitrogens is 1. The van der Waals surface area contributed by atoms with E-state index in [1.165, 1.54) is 30.3 Å². The van der Waals surface area contributed by atoms with E-state index in [0.717, 1.165) is 0 Å². The Morgan fingerprint density at radius 2 is 1.87 bits per heavy atom. The summed E-state index contributed by atoms with van der Waals surface area (Å²) in [6.07, 6.45) is 0.543. The number of aliphatic hydroxyl groups is 1. The van der Waals surface area contributed by atoms with E-state index < -0.39 is 17.8 Å². The molecule has 0 spiro atoms. The average Bonchev–Trinajstić information content (AvgIpc) is 3.28. The van der Waals surface area contributed by atoms with E-state index in [4.69, 9.17) is 0 Å². The first kappa shape index (κ1) is 20.4. The number of benzene rings is 2. The Morgan fingerprint density at radius 1 is 1.06 bits per heavy atom. The number of aliphatic hydroxyl groups excluding tert-OH is 1. The van der Waals surface area contributed by atoms with Crippen molar-refractivity contribution in [1.82, 2.24) is 20.5 Å². The number of carbonyl (C=O) groups excluding carboxylic acids is 1. The fourth-order valence-electron chi connectivity index (χ4n) is 3.17. The molecule has 2 aromatic heterocycles. The van der Waals surface area contributed by atoms with Gasteiger partial charge in [-0.3, -0.25) is 14.9 Å². The van der Waals surface area contributed by atoms with Crippen LogP contribution in [0.1, 0.15) is 22.2 Å². The number of amides is 1. The lowest BCUT2D eigenvalue weighted by atomic mass is 10.0. The number of hydrogen-bond donors (Lipinski definition) is 3. The molecule has 2 aromatic carbocycles. The summed E-state index contributed by atoms with van der Waals surface area (Å²) in [7, 11) is 0. The molecular formula is C23H18F2N4O2.